The first-order valence-corrected chi connectivity index (χ1v) is 4.65. The van der Waals surface area contributed by atoms with Gasteiger partial charge in [-0.25, -0.2) is 4.98 Å². The zero-order valence-corrected chi connectivity index (χ0v) is 8.93. The monoisotopic (exact) mass is 209 g/mol. The lowest BCUT2D eigenvalue weighted by atomic mass is 10.4. The number of hydrogen-bond acceptors (Lipinski definition) is 4. The molecule has 1 aromatic rings. The van der Waals surface area contributed by atoms with Gasteiger partial charge in [-0.15, -0.1) is 0 Å². The van der Waals surface area contributed by atoms with Crippen molar-refractivity contribution in [3.63, 3.8) is 0 Å². The Morgan fingerprint density at radius 3 is 2.87 bits per heavy atom. The van der Waals surface area contributed by atoms with Crippen LogP contribution in [0.3, 0.4) is 0 Å². The van der Waals surface area contributed by atoms with Gasteiger partial charge in [-0.2, -0.15) is 0 Å². The van der Waals surface area contributed by atoms with E-state index in [9.17, 15) is 4.79 Å². The topological polar surface area (TPSA) is 68.5 Å². The van der Waals surface area contributed by atoms with Crippen LogP contribution in [0, 0.1) is 0 Å². The van der Waals surface area contributed by atoms with E-state index in [1.165, 1.54) is 13.1 Å². The summed E-state index contributed by atoms with van der Waals surface area (Å²) >= 11 is 0. The molecule has 0 saturated carbocycles. The highest BCUT2D eigenvalue weighted by atomic mass is 16.5. The van der Waals surface area contributed by atoms with E-state index < -0.39 is 0 Å². The fourth-order valence-corrected chi connectivity index (χ4v) is 0.922. The van der Waals surface area contributed by atoms with Gasteiger partial charge in [0.1, 0.15) is 6.61 Å². The first-order valence-electron chi connectivity index (χ1n) is 4.65. The van der Waals surface area contributed by atoms with Crippen molar-refractivity contribution in [3.05, 3.63) is 18.3 Å². The van der Waals surface area contributed by atoms with Crippen LogP contribution in [0.5, 0.6) is 5.88 Å². The van der Waals surface area contributed by atoms with Gasteiger partial charge in [0, 0.05) is 20.0 Å². The minimum absolute atomic E-state index is 0.0175. The zero-order valence-electron chi connectivity index (χ0n) is 8.93. The van der Waals surface area contributed by atoms with Gasteiger partial charge in [0.15, 0.2) is 0 Å². The normalized spacial score (nSPS) is 9.73. The molecule has 82 valence electrons. The zero-order chi connectivity index (χ0) is 11.3. The molecule has 0 aliphatic carbocycles. The van der Waals surface area contributed by atoms with Crippen LogP contribution in [-0.4, -0.2) is 36.0 Å². The van der Waals surface area contributed by atoms with E-state index in [0.29, 0.717) is 24.7 Å². The summed E-state index contributed by atoms with van der Waals surface area (Å²) < 4.78 is 5.32. The Hall–Kier alpha value is -1.78. The van der Waals surface area contributed by atoms with Crippen LogP contribution in [0.15, 0.2) is 18.3 Å². The third-order valence-electron chi connectivity index (χ3n) is 1.97. The summed E-state index contributed by atoms with van der Waals surface area (Å²) in [5, 5.41) is 0. The van der Waals surface area contributed by atoms with E-state index in [4.69, 9.17) is 10.5 Å². The highest BCUT2D eigenvalue weighted by molar-refractivity contribution is 5.72. The van der Waals surface area contributed by atoms with E-state index in [2.05, 4.69) is 4.98 Å². The standard InChI is InChI=1S/C10H15N3O2/c1-8(14)13(2)5-6-15-10-4-3-9(11)7-12-10/h3-4,7H,5-6,11H2,1-2H3. The minimum atomic E-state index is 0.0175. The average molecular weight is 209 g/mol. The number of carbonyl (C=O) groups is 1. The van der Waals surface area contributed by atoms with Crippen molar-refractivity contribution < 1.29 is 9.53 Å². The van der Waals surface area contributed by atoms with Crippen LogP contribution < -0.4 is 10.5 Å². The molecule has 0 fully saturated rings. The number of rotatable bonds is 4. The molecule has 2 N–H and O–H groups in total. The number of anilines is 1. The molecule has 5 nitrogen and oxygen atoms in total. The molecule has 0 radical (unpaired) electrons. The second kappa shape index (κ2) is 5.19. The number of aromatic nitrogens is 1. The summed E-state index contributed by atoms with van der Waals surface area (Å²) in [5.41, 5.74) is 6.07. The maximum Gasteiger partial charge on any atom is 0.219 e. The SMILES string of the molecule is CC(=O)N(C)CCOc1ccc(N)cn1. The van der Waals surface area contributed by atoms with Gasteiger partial charge in [-0.05, 0) is 6.07 Å². The van der Waals surface area contributed by atoms with E-state index in [-0.39, 0.29) is 5.91 Å². The molecule has 0 bridgehead atoms. The molecule has 1 amide bonds. The van der Waals surface area contributed by atoms with Gasteiger partial charge in [0.25, 0.3) is 0 Å². The molecule has 1 heterocycles. The van der Waals surface area contributed by atoms with Gasteiger partial charge < -0.3 is 15.4 Å². The quantitative estimate of drug-likeness (QED) is 0.785. The van der Waals surface area contributed by atoms with Crippen molar-refractivity contribution in [1.82, 2.24) is 9.88 Å². The van der Waals surface area contributed by atoms with Crippen molar-refractivity contribution in [2.75, 3.05) is 25.9 Å². The highest BCUT2D eigenvalue weighted by Crippen LogP contribution is 2.07. The van der Waals surface area contributed by atoms with Gasteiger partial charge >= 0.3 is 0 Å². The maximum atomic E-state index is 10.9. The molecule has 0 aliphatic rings. The molecule has 0 spiro atoms. The smallest absolute Gasteiger partial charge is 0.219 e. The molecule has 15 heavy (non-hydrogen) atoms. The van der Waals surface area contributed by atoms with Crippen LogP contribution >= 0.6 is 0 Å². The molecule has 0 aliphatic heterocycles. The first-order chi connectivity index (χ1) is 7.09. The Bertz CT molecular complexity index is 324. The number of nitrogen functional groups attached to an aromatic ring is 1. The van der Waals surface area contributed by atoms with E-state index in [0.717, 1.165) is 0 Å². The lowest BCUT2D eigenvalue weighted by Gasteiger charge is -2.14. The largest absolute Gasteiger partial charge is 0.476 e. The lowest BCUT2D eigenvalue weighted by molar-refractivity contribution is -0.127. The summed E-state index contributed by atoms with van der Waals surface area (Å²) in [6, 6.07) is 3.42. The Morgan fingerprint density at radius 1 is 1.60 bits per heavy atom. The molecule has 1 aromatic heterocycles. The van der Waals surface area contributed by atoms with Crippen molar-refractivity contribution in [3.8, 4) is 5.88 Å². The number of likely N-dealkylation sites (N-methyl/N-ethyl adjacent to an activating group) is 1. The van der Waals surface area contributed by atoms with Crippen LogP contribution in [0.1, 0.15) is 6.92 Å². The number of hydrogen-bond donors (Lipinski definition) is 1. The molecular formula is C10H15N3O2. The molecule has 0 atom stereocenters. The van der Waals surface area contributed by atoms with Gasteiger partial charge in [-0.1, -0.05) is 0 Å². The summed E-state index contributed by atoms with van der Waals surface area (Å²) in [4.78, 5) is 16.4. The van der Waals surface area contributed by atoms with Gasteiger partial charge in [0.05, 0.1) is 18.4 Å². The van der Waals surface area contributed by atoms with Crippen molar-refractivity contribution in [2.24, 2.45) is 0 Å². The number of pyridine rings is 1. The molecule has 1 rings (SSSR count). The summed E-state index contributed by atoms with van der Waals surface area (Å²) in [7, 11) is 1.72. The van der Waals surface area contributed by atoms with E-state index >= 15 is 0 Å². The van der Waals surface area contributed by atoms with Crippen molar-refractivity contribution in [1.29, 1.82) is 0 Å². The molecule has 5 heteroatoms. The van der Waals surface area contributed by atoms with Crippen LogP contribution in [0.4, 0.5) is 5.69 Å². The third-order valence-corrected chi connectivity index (χ3v) is 1.97. The maximum absolute atomic E-state index is 10.9. The minimum Gasteiger partial charge on any atom is -0.476 e. The third kappa shape index (κ3) is 3.84. The number of nitrogens with zero attached hydrogens (tertiary/aromatic N) is 2. The molecular weight excluding hydrogens is 194 g/mol. The fourth-order valence-electron chi connectivity index (χ4n) is 0.922. The summed E-state index contributed by atoms with van der Waals surface area (Å²) in [6.07, 6.45) is 1.53. The second-order valence-corrected chi connectivity index (χ2v) is 3.22. The number of carbonyl (C=O) groups excluding carboxylic acids is 1. The predicted octanol–water partition coefficient (Wildman–Crippen LogP) is 0.521. The number of nitrogens with two attached hydrogens (primary N) is 1. The number of amides is 1. The van der Waals surface area contributed by atoms with Gasteiger partial charge in [-0.3, -0.25) is 4.79 Å². The Kier molecular flexibility index (Phi) is 3.91. The second-order valence-electron chi connectivity index (χ2n) is 3.22. The van der Waals surface area contributed by atoms with Crippen LogP contribution in [0.2, 0.25) is 0 Å². The molecule has 0 unspecified atom stereocenters. The Balaban J connectivity index is 2.32. The van der Waals surface area contributed by atoms with E-state index in [1.54, 1.807) is 24.1 Å². The summed E-state index contributed by atoms with van der Waals surface area (Å²) in [5.74, 6) is 0.532. The Labute approximate surface area is 88.9 Å². The van der Waals surface area contributed by atoms with Crippen molar-refractivity contribution in [2.45, 2.75) is 6.92 Å². The van der Waals surface area contributed by atoms with Crippen molar-refractivity contribution >= 4 is 11.6 Å². The first kappa shape index (κ1) is 11.3. The lowest BCUT2D eigenvalue weighted by Crippen LogP contribution is -2.28. The van der Waals surface area contributed by atoms with E-state index in [1.807, 2.05) is 0 Å². The molecule has 0 aromatic carbocycles. The number of ether oxygens (including phenoxy) is 1. The van der Waals surface area contributed by atoms with Crippen LogP contribution in [0.25, 0.3) is 0 Å². The molecule has 0 saturated heterocycles. The predicted molar refractivity (Wildman–Crippen MR) is 57.5 cm³/mol. The van der Waals surface area contributed by atoms with Crippen LogP contribution in [-0.2, 0) is 4.79 Å². The fraction of sp³-hybridized carbons (Fsp3) is 0.400. The average Bonchev–Trinajstić information content (AvgIpc) is 2.20. The summed E-state index contributed by atoms with van der Waals surface area (Å²) in [6.45, 7) is 2.48. The van der Waals surface area contributed by atoms with Gasteiger partial charge in [0.2, 0.25) is 11.8 Å². The highest BCUT2D eigenvalue weighted by Gasteiger charge is 2.01. The Morgan fingerprint density at radius 2 is 2.33 bits per heavy atom.